The minimum atomic E-state index is -0.312. The van der Waals surface area contributed by atoms with Crippen LogP contribution in [0.2, 0.25) is 0 Å². The Morgan fingerprint density at radius 2 is 1.93 bits per heavy atom. The third kappa shape index (κ3) is 4.85. The van der Waals surface area contributed by atoms with Crippen molar-refractivity contribution in [3.05, 3.63) is 52.8 Å². The van der Waals surface area contributed by atoms with Gasteiger partial charge in [-0.1, -0.05) is 12.1 Å². The minimum absolute atomic E-state index is 0.0802. The number of likely N-dealkylation sites (tertiary alicyclic amines) is 1. The van der Waals surface area contributed by atoms with E-state index in [4.69, 9.17) is 4.74 Å². The molecule has 156 valence electrons. The number of aromatic nitrogens is 2. The zero-order chi connectivity index (χ0) is 21.1. The van der Waals surface area contributed by atoms with Crippen LogP contribution in [0.25, 0.3) is 0 Å². The van der Waals surface area contributed by atoms with Crippen LogP contribution in [0.4, 0.5) is 0 Å². The van der Waals surface area contributed by atoms with E-state index in [-0.39, 0.29) is 30.0 Å². The van der Waals surface area contributed by atoms with E-state index in [1.807, 2.05) is 62.7 Å². The second-order valence-corrected chi connectivity index (χ2v) is 8.02. The largest absolute Gasteiger partial charge is 0.468 e. The molecule has 0 aliphatic carbocycles. The normalized spacial score (nSPS) is 19.5. The van der Waals surface area contributed by atoms with Gasteiger partial charge in [0.2, 0.25) is 0 Å². The van der Waals surface area contributed by atoms with Crippen LogP contribution in [0.5, 0.6) is 0 Å². The summed E-state index contributed by atoms with van der Waals surface area (Å²) in [6, 6.07) is 9.44. The van der Waals surface area contributed by atoms with Gasteiger partial charge >= 0.3 is 5.97 Å². The number of ether oxygens (including phenoxy) is 1. The fourth-order valence-corrected chi connectivity index (χ4v) is 3.94. The molecule has 0 saturated carbocycles. The summed E-state index contributed by atoms with van der Waals surface area (Å²) in [6.45, 7) is 9.41. The molecular weight excluding hydrogens is 368 g/mol. The molecule has 2 atom stereocenters. The smallest absolute Gasteiger partial charge is 0.323 e. The Morgan fingerprint density at radius 3 is 2.48 bits per heavy atom. The van der Waals surface area contributed by atoms with Crippen molar-refractivity contribution in [3.8, 4) is 0 Å². The average Bonchev–Trinajstić information content (AvgIpc) is 3.24. The number of benzene rings is 1. The first-order chi connectivity index (χ1) is 13.8. The molecule has 1 saturated heterocycles. The first-order valence-electron chi connectivity index (χ1n) is 10.0. The molecule has 1 aliphatic heterocycles. The van der Waals surface area contributed by atoms with E-state index in [9.17, 15) is 9.59 Å². The molecule has 1 amide bonds. The van der Waals surface area contributed by atoms with Crippen LogP contribution >= 0.6 is 0 Å². The Morgan fingerprint density at radius 1 is 1.24 bits per heavy atom. The Kier molecular flexibility index (Phi) is 6.37. The quantitative estimate of drug-likeness (QED) is 0.756. The number of rotatable bonds is 6. The summed E-state index contributed by atoms with van der Waals surface area (Å²) in [5, 5.41) is 7.54. The maximum absolute atomic E-state index is 12.7. The third-order valence-electron chi connectivity index (χ3n) is 5.46. The van der Waals surface area contributed by atoms with Crippen LogP contribution < -0.4 is 5.32 Å². The predicted octanol–water partition coefficient (Wildman–Crippen LogP) is 2.30. The highest BCUT2D eigenvalue weighted by Crippen LogP contribution is 2.22. The van der Waals surface area contributed by atoms with Crippen LogP contribution in [0, 0.1) is 13.8 Å². The lowest BCUT2D eigenvalue weighted by Gasteiger charge is -2.25. The molecule has 0 unspecified atom stereocenters. The van der Waals surface area contributed by atoms with Crippen LogP contribution in [0.1, 0.15) is 47.6 Å². The molecule has 1 aromatic carbocycles. The first kappa shape index (κ1) is 21.0. The average molecular weight is 399 g/mol. The number of carbonyl (C=O) groups excluding carboxylic acids is 2. The Bertz CT molecular complexity index is 873. The van der Waals surface area contributed by atoms with Gasteiger partial charge in [-0.05, 0) is 57.9 Å². The fourth-order valence-electron chi connectivity index (χ4n) is 3.94. The number of amides is 1. The van der Waals surface area contributed by atoms with Crippen LogP contribution in [-0.4, -0.2) is 58.3 Å². The molecule has 1 aromatic heterocycles. The molecule has 2 aromatic rings. The lowest BCUT2D eigenvalue weighted by atomic mass is 10.1. The maximum Gasteiger partial charge on any atom is 0.323 e. The van der Waals surface area contributed by atoms with E-state index in [0.717, 1.165) is 17.0 Å². The van der Waals surface area contributed by atoms with Crippen molar-refractivity contribution in [1.82, 2.24) is 20.0 Å². The summed E-state index contributed by atoms with van der Waals surface area (Å²) < 4.78 is 6.88. The minimum Gasteiger partial charge on any atom is -0.468 e. The van der Waals surface area contributed by atoms with Gasteiger partial charge < -0.3 is 10.1 Å². The van der Waals surface area contributed by atoms with E-state index in [1.54, 1.807) is 0 Å². The topological polar surface area (TPSA) is 76.5 Å². The van der Waals surface area contributed by atoms with Crippen molar-refractivity contribution in [2.24, 2.45) is 0 Å². The zero-order valence-corrected chi connectivity index (χ0v) is 17.8. The monoisotopic (exact) mass is 398 g/mol. The standard InChI is InChI=1S/C22H30N4O3/c1-14(2)25-13-19(11-20(25)22(28)29-5)23-21(27)18-8-6-17(7-9-18)12-26-16(4)10-15(3)24-26/h6-10,14,19-20H,11-13H2,1-5H3,(H,23,27)/t19-,20+/m1/s1. The molecular formula is C22H30N4O3. The molecule has 1 N–H and O–H groups in total. The number of methoxy groups -OCH3 is 1. The molecule has 29 heavy (non-hydrogen) atoms. The van der Waals surface area contributed by atoms with Crippen molar-refractivity contribution >= 4 is 11.9 Å². The van der Waals surface area contributed by atoms with Crippen LogP contribution in [0.15, 0.2) is 30.3 Å². The Labute approximate surface area is 172 Å². The number of aryl methyl sites for hydroxylation is 2. The summed E-state index contributed by atoms with van der Waals surface area (Å²) in [5.41, 5.74) is 3.81. The summed E-state index contributed by atoms with van der Waals surface area (Å²) in [5.74, 6) is -0.370. The number of hydrogen-bond acceptors (Lipinski definition) is 5. The summed E-state index contributed by atoms with van der Waals surface area (Å²) in [7, 11) is 1.40. The summed E-state index contributed by atoms with van der Waals surface area (Å²) in [4.78, 5) is 26.8. The van der Waals surface area contributed by atoms with Crippen molar-refractivity contribution in [1.29, 1.82) is 0 Å². The number of hydrogen-bond donors (Lipinski definition) is 1. The van der Waals surface area contributed by atoms with Crippen molar-refractivity contribution in [3.63, 3.8) is 0 Å². The van der Waals surface area contributed by atoms with E-state index in [1.165, 1.54) is 7.11 Å². The van der Waals surface area contributed by atoms with E-state index >= 15 is 0 Å². The molecule has 0 bridgehead atoms. The van der Waals surface area contributed by atoms with Gasteiger partial charge in [0.25, 0.3) is 5.91 Å². The van der Waals surface area contributed by atoms with Gasteiger partial charge in [-0.25, -0.2) is 0 Å². The molecule has 0 spiro atoms. The van der Waals surface area contributed by atoms with Crippen molar-refractivity contribution in [2.75, 3.05) is 13.7 Å². The van der Waals surface area contributed by atoms with E-state index < -0.39 is 0 Å². The second-order valence-electron chi connectivity index (χ2n) is 8.02. The summed E-state index contributed by atoms with van der Waals surface area (Å²) in [6.07, 6.45) is 0.562. The van der Waals surface area contributed by atoms with Crippen molar-refractivity contribution in [2.45, 2.75) is 58.8 Å². The van der Waals surface area contributed by atoms with Gasteiger partial charge in [-0.3, -0.25) is 19.2 Å². The molecule has 3 rings (SSSR count). The Balaban J connectivity index is 1.62. The second kappa shape index (κ2) is 8.78. The van der Waals surface area contributed by atoms with Gasteiger partial charge in [0.05, 0.1) is 19.3 Å². The number of carbonyl (C=O) groups is 2. The maximum atomic E-state index is 12.7. The first-order valence-corrected chi connectivity index (χ1v) is 10.0. The molecule has 0 radical (unpaired) electrons. The highest BCUT2D eigenvalue weighted by atomic mass is 16.5. The van der Waals surface area contributed by atoms with Crippen LogP contribution in [-0.2, 0) is 16.1 Å². The Hall–Kier alpha value is -2.67. The predicted molar refractivity (Wildman–Crippen MR) is 111 cm³/mol. The lowest BCUT2D eigenvalue weighted by molar-refractivity contribution is -0.146. The van der Waals surface area contributed by atoms with Gasteiger partial charge in [0.1, 0.15) is 6.04 Å². The molecule has 7 nitrogen and oxygen atoms in total. The van der Waals surface area contributed by atoms with Gasteiger partial charge in [0, 0.05) is 29.9 Å². The van der Waals surface area contributed by atoms with Gasteiger partial charge in [-0.2, -0.15) is 5.10 Å². The molecule has 2 heterocycles. The third-order valence-corrected chi connectivity index (χ3v) is 5.46. The molecule has 1 aliphatic rings. The van der Waals surface area contributed by atoms with Gasteiger partial charge in [0.15, 0.2) is 0 Å². The highest BCUT2D eigenvalue weighted by Gasteiger charge is 2.39. The SMILES string of the molecule is COC(=O)[C@@H]1C[C@@H](NC(=O)c2ccc(Cn3nc(C)cc3C)cc2)CN1C(C)C. The van der Waals surface area contributed by atoms with Gasteiger partial charge in [-0.15, -0.1) is 0 Å². The fraction of sp³-hybridized carbons (Fsp3) is 0.500. The van der Waals surface area contributed by atoms with E-state index in [2.05, 4.69) is 15.3 Å². The number of esters is 1. The molecule has 7 heteroatoms. The van der Waals surface area contributed by atoms with E-state index in [0.29, 0.717) is 25.1 Å². The summed E-state index contributed by atoms with van der Waals surface area (Å²) >= 11 is 0. The number of nitrogens with zero attached hydrogens (tertiary/aromatic N) is 3. The molecule has 1 fully saturated rings. The van der Waals surface area contributed by atoms with Crippen molar-refractivity contribution < 1.29 is 14.3 Å². The lowest BCUT2D eigenvalue weighted by Crippen LogP contribution is -2.42. The highest BCUT2D eigenvalue weighted by molar-refractivity contribution is 5.94. The number of nitrogens with one attached hydrogen (secondary N) is 1. The zero-order valence-electron chi connectivity index (χ0n) is 17.8. The van der Waals surface area contributed by atoms with Crippen LogP contribution in [0.3, 0.4) is 0 Å².